The molecule has 4 aromatic rings. The van der Waals surface area contributed by atoms with Crippen LogP contribution < -0.4 is 14.4 Å². The van der Waals surface area contributed by atoms with Crippen LogP contribution >= 0.6 is 0 Å². The number of amides is 2. The normalized spacial score (nSPS) is 14.1. The van der Waals surface area contributed by atoms with Gasteiger partial charge in [0.2, 0.25) is 11.8 Å². The molecule has 9 heteroatoms. The highest BCUT2D eigenvalue weighted by atomic mass is 32.2. The molecule has 4 aromatic carbocycles. The maximum Gasteiger partial charge on any atom is 0.264 e. The van der Waals surface area contributed by atoms with Crippen molar-refractivity contribution in [2.75, 3.05) is 18.0 Å². The Morgan fingerprint density at radius 2 is 1.40 bits per heavy atom. The summed E-state index contributed by atoms with van der Waals surface area (Å²) in [5, 5.41) is 3.25. The summed E-state index contributed by atoms with van der Waals surface area (Å²) in [5.74, 6) is -0.161. The number of nitrogens with one attached hydrogen (secondary N) is 1. The SMILES string of the molecule is COc1ccc(N(CC(=O)N(Cc2ccc(C)cc2)C(Cc2ccccc2)C(=O)NC2CCCCC2)S(=O)(=O)c2ccc(C)cc2)cc1. The zero-order valence-corrected chi connectivity index (χ0v) is 28.8. The van der Waals surface area contributed by atoms with Crippen LogP contribution in [0.4, 0.5) is 5.69 Å². The second kappa shape index (κ2) is 16.0. The molecule has 0 aliphatic heterocycles. The van der Waals surface area contributed by atoms with Gasteiger partial charge in [-0.15, -0.1) is 0 Å². The summed E-state index contributed by atoms with van der Waals surface area (Å²) in [6.07, 6.45) is 5.33. The minimum Gasteiger partial charge on any atom is -0.497 e. The first-order valence-corrected chi connectivity index (χ1v) is 18.0. The first-order valence-electron chi connectivity index (χ1n) is 16.6. The van der Waals surface area contributed by atoms with E-state index >= 15 is 0 Å². The fourth-order valence-electron chi connectivity index (χ4n) is 6.10. The Kier molecular flexibility index (Phi) is 11.5. The van der Waals surface area contributed by atoms with Gasteiger partial charge in [-0.25, -0.2) is 8.42 Å². The van der Waals surface area contributed by atoms with Gasteiger partial charge >= 0.3 is 0 Å². The Labute approximate surface area is 284 Å². The Balaban J connectivity index is 1.56. The van der Waals surface area contributed by atoms with Crippen molar-refractivity contribution in [3.8, 4) is 5.75 Å². The molecule has 1 aliphatic carbocycles. The summed E-state index contributed by atoms with van der Waals surface area (Å²) in [5.41, 5.74) is 4.05. The number of aryl methyl sites for hydroxylation is 2. The van der Waals surface area contributed by atoms with Crippen LogP contribution in [0.25, 0.3) is 0 Å². The predicted molar refractivity (Wildman–Crippen MR) is 189 cm³/mol. The molecule has 252 valence electrons. The lowest BCUT2D eigenvalue weighted by Gasteiger charge is -2.35. The fraction of sp³-hybridized carbons (Fsp3) is 0.333. The molecule has 2 amide bonds. The van der Waals surface area contributed by atoms with Gasteiger partial charge in [0.15, 0.2) is 0 Å². The summed E-state index contributed by atoms with van der Waals surface area (Å²) in [4.78, 5) is 30.5. The molecule has 0 heterocycles. The smallest absolute Gasteiger partial charge is 0.264 e. The largest absolute Gasteiger partial charge is 0.497 e. The minimum absolute atomic E-state index is 0.0403. The van der Waals surface area contributed by atoms with E-state index in [0.717, 1.165) is 58.7 Å². The van der Waals surface area contributed by atoms with E-state index < -0.39 is 28.5 Å². The summed E-state index contributed by atoms with van der Waals surface area (Å²) < 4.78 is 34.9. The highest BCUT2D eigenvalue weighted by Crippen LogP contribution is 2.27. The first kappa shape index (κ1) is 34.7. The molecule has 1 N–H and O–H groups in total. The Bertz CT molecular complexity index is 1750. The molecule has 0 radical (unpaired) electrons. The van der Waals surface area contributed by atoms with Crippen LogP contribution in [0.3, 0.4) is 0 Å². The van der Waals surface area contributed by atoms with E-state index in [1.165, 1.54) is 7.11 Å². The quantitative estimate of drug-likeness (QED) is 0.174. The summed E-state index contributed by atoms with van der Waals surface area (Å²) >= 11 is 0. The molecule has 0 spiro atoms. The number of hydrogen-bond acceptors (Lipinski definition) is 5. The lowest BCUT2D eigenvalue weighted by Crippen LogP contribution is -2.55. The summed E-state index contributed by atoms with van der Waals surface area (Å²) in [6, 6.07) is 29.8. The van der Waals surface area contributed by atoms with Gasteiger partial charge in [-0.1, -0.05) is 97.1 Å². The second-order valence-corrected chi connectivity index (χ2v) is 14.4. The molecule has 8 nitrogen and oxygen atoms in total. The van der Waals surface area contributed by atoms with Gasteiger partial charge in [-0.05, 0) is 74.2 Å². The summed E-state index contributed by atoms with van der Waals surface area (Å²) in [6.45, 7) is 3.51. The number of hydrogen-bond donors (Lipinski definition) is 1. The highest BCUT2D eigenvalue weighted by Gasteiger charge is 2.35. The Hall–Kier alpha value is -4.63. The predicted octanol–water partition coefficient (Wildman–Crippen LogP) is 6.60. The van der Waals surface area contributed by atoms with Crippen LogP contribution in [0, 0.1) is 13.8 Å². The lowest BCUT2D eigenvalue weighted by molar-refractivity contribution is -0.140. The van der Waals surface area contributed by atoms with Crippen molar-refractivity contribution in [2.24, 2.45) is 0 Å². The van der Waals surface area contributed by atoms with Gasteiger partial charge in [0.25, 0.3) is 10.0 Å². The molecule has 1 aliphatic rings. The molecule has 0 bridgehead atoms. The maximum atomic E-state index is 14.7. The minimum atomic E-state index is -4.18. The van der Waals surface area contributed by atoms with Gasteiger partial charge in [0, 0.05) is 19.0 Å². The van der Waals surface area contributed by atoms with Crippen molar-refractivity contribution in [2.45, 2.75) is 75.9 Å². The van der Waals surface area contributed by atoms with Crippen LogP contribution in [0.2, 0.25) is 0 Å². The average Bonchev–Trinajstić information content (AvgIpc) is 3.10. The van der Waals surface area contributed by atoms with Crippen LogP contribution in [-0.2, 0) is 32.6 Å². The van der Waals surface area contributed by atoms with E-state index in [1.54, 1.807) is 53.4 Å². The zero-order valence-electron chi connectivity index (χ0n) is 28.0. The number of rotatable bonds is 13. The highest BCUT2D eigenvalue weighted by molar-refractivity contribution is 7.92. The van der Waals surface area contributed by atoms with Crippen molar-refractivity contribution in [3.05, 3.63) is 125 Å². The number of carbonyl (C=O) groups is 2. The number of benzene rings is 4. The number of sulfonamides is 1. The van der Waals surface area contributed by atoms with Gasteiger partial charge in [-0.2, -0.15) is 0 Å². The maximum absolute atomic E-state index is 14.7. The lowest BCUT2D eigenvalue weighted by atomic mass is 9.94. The third-order valence-electron chi connectivity index (χ3n) is 8.94. The van der Waals surface area contributed by atoms with Crippen molar-refractivity contribution in [1.29, 1.82) is 0 Å². The molecule has 1 unspecified atom stereocenters. The zero-order chi connectivity index (χ0) is 34.1. The van der Waals surface area contributed by atoms with E-state index in [-0.39, 0.29) is 29.8 Å². The van der Waals surface area contributed by atoms with Gasteiger partial charge in [-0.3, -0.25) is 13.9 Å². The standard InChI is InChI=1S/C39H45N3O5S/c1-29-14-18-32(19-15-29)27-41(37(26-31-10-6-4-7-11-31)39(44)40-33-12-8-5-9-13-33)38(43)28-42(34-20-22-35(47-3)23-21-34)48(45,46)36-24-16-30(2)17-25-36/h4,6-7,10-11,14-25,33,37H,5,8-9,12-13,26-28H2,1-3H3,(H,40,44). The fourth-order valence-corrected chi connectivity index (χ4v) is 7.52. The van der Waals surface area contributed by atoms with Gasteiger partial charge < -0.3 is 15.0 Å². The number of carbonyl (C=O) groups excluding carboxylic acids is 2. The third kappa shape index (κ3) is 8.83. The molecule has 1 saturated carbocycles. The van der Waals surface area contributed by atoms with E-state index in [4.69, 9.17) is 4.74 Å². The van der Waals surface area contributed by atoms with Gasteiger partial charge in [0.05, 0.1) is 17.7 Å². The second-order valence-electron chi connectivity index (χ2n) is 12.6. The van der Waals surface area contributed by atoms with E-state index in [2.05, 4.69) is 5.32 Å². The molecular formula is C39H45N3O5S. The van der Waals surface area contributed by atoms with Crippen LogP contribution in [-0.4, -0.2) is 50.9 Å². The third-order valence-corrected chi connectivity index (χ3v) is 10.7. The number of ether oxygens (including phenoxy) is 1. The number of anilines is 1. The van der Waals surface area contributed by atoms with E-state index in [0.29, 0.717) is 11.4 Å². The van der Waals surface area contributed by atoms with Crippen molar-refractivity contribution in [1.82, 2.24) is 10.2 Å². The molecule has 1 atom stereocenters. The van der Waals surface area contributed by atoms with Crippen LogP contribution in [0.1, 0.15) is 54.4 Å². The summed E-state index contributed by atoms with van der Waals surface area (Å²) in [7, 11) is -2.65. The van der Waals surface area contributed by atoms with Gasteiger partial charge in [0.1, 0.15) is 18.3 Å². The Morgan fingerprint density at radius 3 is 2.00 bits per heavy atom. The molecular weight excluding hydrogens is 623 g/mol. The van der Waals surface area contributed by atoms with Crippen LogP contribution in [0.15, 0.2) is 108 Å². The van der Waals surface area contributed by atoms with E-state index in [1.807, 2.05) is 68.4 Å². The van der Waals surface area contributed by atoms with Crippen molar-refractivity contribution >= 4 is 27.5 Å². The monoisotopic (exact) mass is 667 g/mol. The first-order chi connectivity index (χ1) is 23.1. The number of nitrogens with zero attached hydrogens (tertiary/aromatic N) is 2. The average molecular weight is 668 g/mol. The molecule has 0 saturated heterocycles. The Morgan fingerprint density at radius 1 is 0.792 bits per heavy atom. The van der Waals surface area contributed by atoms with Crippen molar-refractivity contribution < 1.29 is 22.7 Å². The van der Waals surface area contributed by atoms with E-state index in [9.17, 15) is 18.0 Å². The molecule has 1 fully saturated rings. The topological polar surface area (TPSA) is 96.0 Å². The molecule has 5 rings (SSSR count). The number of methoxy groups -OCH3 is 1. The molecule has 48 heavy (non-hydrogen) atoms. The molecule has 0 aromatic heterocycles. The van der Waals surface area contributed by atoms with Crippen molar-refractivity contribution in [3.63, 3.8) is 0 Å². The van der Waals surface area contributed by atoms with Crippen LogP contribution in [0.5, 0.6) is 5.75 Å².